The minimum absolute atomic E-state index is 0.225. The Labute approximate surface area is 137 Å². The van der Waals surface area contributed by atoms with Gasteiger partial charge in [-0.1, -0.05) is 31.5 Å². The Morgan fingerprint density at radius 1 is 1.43 bits per heavy atom. The van der Waals surface area contributed by atoms with Crippen molar-refractivity contribution in [3.8, 4) is 5.75 Å². The largest absolute Gasteiger partial charge is 0.495 e. The molecule has 5 heteroatoms. The molecule has 2 rings (SSSR count). The summed E-state index contributed by atoms with van der Waals surface area (Å²) in [7, 11) is 1.63. The van der Waals surface area contributed by atoms with E-state index in [9.17, 15) is 0 Å². The standard InChI is InChI=1S/C16H25ClN2OS/c1-16(2)6-7-19(8-9-21-16)14(11-18)12-4-5-15(20-3)13(17)10-12/h4-5,10,14H,6-9,11,18H2,1-3H3. The molecule has 1 unspecified atom stereocenters. The third kappa shape index (κ3) is 4.28. The van der Waals surface area contributed by atoms with Gasteiger partial charge in [-0.15, -0.1) is 0 Å². The summed E-state index contributed by atoms with van der Waals surface area (Å²) >= 11 is 8.31. The van der Waals surface area contributed by atoms with Gasteiger partial charge in [0.05, 0.1) is 12.1 Å². The summed E-state index contributed by atoms with van der Waals surface area (Å²) in [6.45, 7) is 7.39. The molecular formula is C16H25ClN2OS. The molecular weight excluding hydrogens is 304 g/mol. The second kappa shape index (κ2) is 7.23. The van der Waals surface area contributed by atoms with Gasteiger partial charge in [0.2, 0.25) is 0 Å². The lowest BCUT2D eigenvalue weighted by atomic mass is 10.0. The maximum absolute atomic E-state index is 6.26. The topological polar surface area (TPSA) is 38.5 Å². The number of nitrogens with two attached hydrogens (primary N) is 1. The van der Waals surface area contributed by atoms with Gasteiger partial charge in [0, 0.05) is 36.2 Å². The predicted octanol–water partition coefficient (Wildman–Crippen LogP) is 3.57. The predicted molar refractivity (Wildman–Crippen MR) is 92.5 cm³/mol. The Hall–Kier alpha value is -0.420. The molecule has 1 aliphatic heterocycles. The molecule has 1 atom stereocenters. The van der Waals surface area contributed by atoms with E-state index in [1.165, 1.54) is 12.0 Å². The van der Waals surface area contributed by atoms with Crippen molar-refractivity contribution in [1.29, 1.82) is 0 Å². The van der Waals surface area contributed by atoms with E-state index >= 15 is 0 Å². The van der Waals surface area contributed by atoms with Gasteiger partial charge in [-0.05, 0) is 24.1 Å². The summed E-state index contributed by atoms with van der Waals surface area (Å²) in [4.78, 5) is 2.49. The number of ether oxygens (including phenoxy) is 1. The Bertz CT molecular complexity index is 481. The van der Waals surface area contributed by atoms with Crippen LogP contribution in [0.2, 0.25) is 5.02 Å². The quantitative estimate of drug-likeness (QED) is 0.917. The molecule has 0 amide bonds. The number of thioether (sulfide) groups is 1. The molecule has 3 nitrogen and oxygen atoms in total. The van der Waals surface area contributed by atoms with Crippen molar-refractivity contribution in [1.82, 2.24) is 4.90 Å². The van der Waals surface area contributed by atoms with E-state index in [1.807, 2.05) is 23.9 Å². The van der Waals surface area contributed by atoms with Crippen LogP contribution < -0.4 is 10.5 Å². The van der Waals surface area contributed by atoms with Crippen molar-refractivity contribution in [2.24, 2.45) is 5.73 Å². The highest BCUT2D eigenvalue weighted by molar-refractivity contribution is 8.00. The number of benzene rings is 1. The van der Waals surface area contributed by atoms with Gasteiger partial charge in [0.1, 0.15) is 5.75 Å². The fraction of sp³-hybridized carbons (Fsp3) is 0.625. The molecule has 0 spiro atoms. The minimum Gasteiger partial charge on any atom is -0.495 e. The summed E-state index contributed by atoms with van der Waals surface area (Å²) in [5.41, 5.74) is 7.23. The van der Waals surface area contributed by atoms with Crippen molar-refractivity contribution in [2.45, 2.75) is 31.1 Å². The lowest BCUT2D eigenvalue weighted by Crippen LogP contribution is -2.35. The van der Waals surface area contributed by atoms with Crippen LogP contribution >= 0.6 is 23.4 Å². The first kappa shape index (κ1) is 16.9. The van der Waals surface area contributed by atoms with Crippen LogP contribution in [0.4, 0.5) is 0 Å². The molecule has 1 aliphatic rings. The van der Waals surface area contributed by atoms with E-state index < -0.39 is 0 Å². The highest BCUT2D eigenvalue weighted by atomic mass is 35.5. The molecule has 1 fully saturated rings. The molecule has 1 saturated heterocycles. The summed E-state index contributed by atoms with van der Waals surface area (Å²) < 4.78 is 5.58. The number of hydrogen-bond acceptors (Lipinski definition) is 4. The average Bonchev–Trinajstić information content (AvgIpc) is 2.61. The van der Waals surface area contributed by atoms with Crippen molar-refractivity contribution in [2.75, 3.05) is 32.5 Å². The zero-order valence-corrected chi connectivity index (χ0v) is 14.6. The molecule has 1 aromatic rings. The van der Waals surface area contributed by atoms with Crippen LogP contribution in [0.15, 0.2) is 18.2 Å². The molecule has 0 aromatic heterocycles. The van der Waals surface area contributed by atoms with Gasteiger partial charge in [-0.3, -0.25) is 4.90 Å². The smallest absolute Gasteiger partial charge is 0.137 e. The molecule has 0 saturated carbocycles. The zero-order chi connectivity index (χ0) is 15.5. The third-order valence-corrected chi connectivity index (χ3v) is 5.76. The fourth-order valence-electron chi connectivity index (χ4n) is 2.73. The summed E-state index contributed by atoms with van der Waals surface area (Å²) in [5, 5.41) is 0.651. The summed E-state index contributed by atoms with van der Waals surface area (Å²) in [6.07, 6.45) is 1.18. The van der Waals surface area contributed by atoms with Gasteiger partial charge in [-0.2, -0.15) is 11.8 Å². The maximum atomic E-state index is 6.26. The molecule has 0 aliphatic carbocycles. The first-order valence-electron chi connectivity index (χ1n) is 7.38. The van der Waals surface area contributed by atoms with Crippen LogP contribution in [0.3, 0.4) is 0 Å². The minimum atomic E-state index is 0.225. The van der Waals surface area contributed by atoms with Crippen molar-refractivity contribution < 1.29 is 4.74 Å². The lowest BCUT2D eigenvalue weighted by Gasteiger charge is -2.30. The van der Waals surface area contributed by atoms with Gasteiger partial charge >= 0.3 is 0 Å². The van der Waals surface area contributed by atoms with Crippen LogP contribution in [-0.4, -0.2) is 42.1 Å². The molecule has 0 bridgehead atoms. The summed E-state index contributed by atoms with van der Waals surface area (Å²) in [5.74, 6) is 1.86. The number of hydrogen-bond donors (Lipinski definition) is 1. The van der Waals surface area contributed by atoms with E-state index in [0.717, 1.165) is 18.8 Å². The van der Waals surface area contributed by atoms with Crippen LogP contribution in [0.1, 0.15) is 31.9 Å². The van der Waals surface area contributed by atoms with Gasteiger partial charge in [0.15, 0.2) is 0 Å². The van der Waals surface area contributed by atoms with Crippen molar-refractivity contribution >= 4 is 23.4 Å². The highest BCUT2D eigenvalue weighted by Gasteiger charge is 2.27. The van der Waals surface area contributed by atoms with Crippen LogP contribution in [0, 0.1) is 0 Å². The molecule has 1 heterocycles. The second-order valence-corrected chi connectivity index (χ2v) is 8.25. The van der Waals surface area contributed by atoms with E-state index in [-0.39, 0.29) is 6.04 Å². The molecule has 0 radical (unpaired) electrons. The molecule has 21 heavy (non-hydrogen) atoms. The molecule has 118 valence electrons. The number of halogens is 1. The lowest BCUT2D eigenvalue weighted by molar-refractivity contribution is 0.211. The van der Waals surface area contributed by atoms with E-state index in [2.05, 4.69) is 24.8 Å². The first-order chi connectivity index (χ1) is 9.96. The van der Waals surface area contributed by atoms with Crippen LogP contribution in [-0.2, 0) is 0 Å². The Kier molecular flexibility index (Phi) is 5.83. The molecule has 1 aromatic carbocycles. The fourth-order valence-corrected chi connectivity index (χ4v) is 4.11. The zero-order valence-electron chi connectivity index (χ0n) is 13.1. The van der Waals surface area contributed by atoms with Crippen molar-refractivity contribution in [3.63, 3.8) is 0 Å². The Morgan fingerprint density at radius 3 is 2.81 bits per heavy atom. The average molecular weight is 329 g/mol. The first-order valence-corrected chi connectivity index (χ1v) is 8.75. The number of methoxy groups -OCH3 is 1. The normalized spacial score (nSPS) is 20.8. The van der Waals surface area contributed by atoms with Crippen LogP contribution in [0.25, 0.3) is 0 Å². The second-order valence-electron chi connectivity index (χ2n) is 6.04. The number of nitrogens with zero attached hydrogens (tertiary/aromatic N) is 1. The number of rotatable bonds is 4. The monoisotopic (exact) mass is 328 g/mol. The SMILES string of the molecule is COc1ccc(C(CN)N2CCSC(C)(C)CC2)cc1Cl. The third-order valence-electron chi connectivity index (χ3n) is 4.10. The van der Waals surface area contributed by atoms with E-state index in [0.29, 0.717) is 22.1 Å². The highest BCUT2D eigenvalue weighted by Crippen LogP contribution is 2.34. The van der Waals surface area contributed by atoms with Gasteiger partial charge in [-0.25, -0.2) is 0 Å². The Morgan fingerprint density at radius 2 is 2.19 bits per heavy atom. The maximum Gasteiger partial charge on any atom is 0.137 e. The van der Waals surface area contributed by atoms with Gasteiger partial charge < -0.3 is 10.5 Å². The van der Waals surface area contributed by atoms with E-state index in [4.69, 9.17) is 22.1 Å². The van der Waals surface area contributed by atoms with E-state index in [1.54, 1.807) is 7.11 Å². The van der Waals surface area contributed by atoms with Crippen molar-refractivity contribution in [3.05, 3.63) is 28.8 Å². The molecule has 2 N–H and O–H groups in total. The summed E-state index contributed by atoms with van der Waals surface area (Å²) in [6, 6.07) is 6.21. The van der Waals surface area contributed by atoms with Crippen LogP contribution in [0.5, 0.6) is 5.75 Å². The van der Waals surface area contributed by atoms with Gasteiger partial charge in [0.25, 0.3) is 0 Å². The Balaban J connectivity index is 2.17.